The number of piperazine rings is 1. The number of carbonyl (C=O) groups is 2. The summed E-state index contributed by atoms with van der Waals surface area (Å²) < 4.78 is 1.96. The summed E-state index contributed by atoms with van der Waals surface area (Å²) in [6.45, 7) is 0.894. The maximum absolute atomic E-state index is 11.5. The second-order valence-electron chi connectivity index (χ2n) is 4.67. The molecule has 0 bridgehead atoms. The Morgan fingerprint density at radius 2 is 2.05 bits per heavy atom. The first kappa shape index (κ1) is 12.6. The lowest BCUT2D eigenvalue weighted by Gasteiger charge is -2.26. The van der Waals surface area contributed by atoms with Crippen molar-refractivity contribution in [3.05, 3.63) is 30.1 Å². The number of carbonyl (C=O) groups excluding carboxylic acids is 2. The molecule has 1 saturated heterocycles. The van der Waals surface area contributed by atoms with Crippen molar-refractivity contribution in [2.75, 3.05) is 25.0 Å². The summed E-state index contributed by atoms with van der Waals surface area (Å²) in [4.78, 5) is 29.3. The Morgan fingerprint density at radius 3 is 2.75 bits per heavy atom. The van der Waals surface area contributed by atoms with Crippen molar-refractivity contribution in [2.24, 2.45) is 0 Å². The van der Waals surface area contributed by atoms with Crippen LogP contribution >= 0.6 is 0 Å². The van der Waals surface area contributed by atoms with Crippen LogP contribution in [0.2, 0.25) is 0 Å². The molecule has 2 aromatic rings. The minimum absolute atomic E-state index is 0.145. The Balaban J connectivity index is 2.07. The minimum atomic E-state index is -0.297. The van der Waals surface area contributed by atoms with E-state index in [1.54, 1.807) is 4.90 Å². The van der Waals surface area contributed by atoms with Crippen LogP contribution in [0.3, 0.4) is 0 Å². The van der Waals surface area contributed by atoms with Crippen LogP contribution in [0.25, 0.3) is 5.65 Å². The van der Waals surface area contributed by atoms with Crippen molar-refractivity contribution in [1.29, 1.82) is 0 Å². The van der Waals surface area contributed by atoms with Crippen LogP contribution in [0.1, 0.15) is 5.69 Å². The van der Waals surface area contributed by atoms with Crippen LogP contribution in [0, 0.1) is 0 Å². The summed E-state index contributed by atoms with van der Waals surface area (Å²) in [6, 6.07) is 5.73. The van der Waals surface area contributed by atoms with Gasteiger partial charge in [0.25, 0.3) is 0 Å². The lowest BCUT2D eigenvalue weighted by Crippen LogP contribution is -2.52. The zero-order valence-electron chi connectivity index (χ0n) is 11.1. The molecule has 104 valence electrons. The number of nitrogens with zero attached hydrogens (tertiary/aromatic N) is 3. The highest BCUT2D eigenvalue weighted by atomic mass is 16.2. The van der Waals surface area contributed by atoms with Gasteiger partial charge < -0.3 is 14.6 Å². The average Bonchev–Trinajstić information content (AvgIpc) is 2.77. The topological polar surface area (TPSA) is 78.7 Å². The summed E-state index contributed by atoms with van der Waals surface area (Å²) in [5, 5.41) is 5.39. The number of hydrogen-bond acceptors (Lipinski definition) is 5. The van der Waals surface area contributed by atoms with Crippen molar-refractivity contribution in [3.63, 3.8) is 0 Å². The number of amides is 2. The number of fused-ring (bicyclic) bond motifs is 1. The van der Waals surface area contributed by atoms with E-state index in [1.165, 1.54) is 0 Å². The van der Waals surface area contributed by atoms with E-state index in [0.717, 1.165) is 11.3 Å². The zero-order chi connectivity index (χ0) is 14.1. The number of pyridine rings is 1. The van der Waals surface area contributed by atoms with Gasteiger partial charge in [-0.2, -0.15) is 0 Å². The Kier molecular flexibility index (Phi) is 3.11. The Bertz CT molecular complexity index is 662. The van der Waals surface area contributed by atoms with Crippen molar-refractivity contribution in [3.8, 4) is 0 Å². The number of imide groups is 1. The van der Waals surface area contributed by atoms with Crippen molar-refractivity contribution in [2.45, 2.75) is 6.54 Å². The molecule has 3 heterocycles. The van der Waals surface area contributed by atoms with Gasteiger partial charge in [0, 0.05) is 12.7 Å². The largest absolute Gasteiger partial charge is 0.336 e. The van der Waals surface area contributed by atoms with Gasteiger partial charge in [-0.05, 0) is 19.2 Å². The lowest BCUT2D eigenvalue weighted by molar-refractivity contribution is -0.130. The van der Waals surface area contributed by atoms with Crippen molar-refractivity contribution < 1.29 is 9.59 Å². The Morgan fingerprint density at radius 1 is 1.30 bits per heavy atom. The van der Waals surface area contributed by atoms with E-state index < -0.39 is 0 Å². The van der Waals surface area contributed by atoms with Crippen molar-refractivity contribution >= 4 is 23.3 Å². The third-order valence-corrected chi connectivity index (χ3v) is 3.20. The second kappa shape index (κ2) is 4.93. The molecule has 1 aliphatic rings. The van der Waals surface area contributed by atoms with E-state index in [4.69, 9.17) is 0 Å². The summed E-state index contributed by atoms with van der Waals surface area (Å²) in [5.74, 6) is 0.0798. The molecule has 0 radical (unpaired) electrons. The van der Waals surface area contributed by atoms with Crippen LogP contribution in [0.5, 0.6) is 0 Å². The van der Waals surface area contributed by atoms with Gasteiger partial charge in [-0.15, -0.1) is 0 Å². The molecule has 0 aliphatic carbocycles. The first-order valence-electron chi connectivity index (χ1n) is 6.37. The number of hydrogen-bond donors (Lipinski definition) is 2. The average molecular weight is 273 g/mol. The molecule has 2 aromatic heterocycles. The SMILES string of the molecule is CNCc1c(N2CC(=O)NC(=O)C2)nc2ccccn12. The molecule has 7 nitrogen and oxygen atoms in total. The van der Waals surface area contributed by atoms with Gasteiger partial charge in [0.2, 0.25) is 11.8 Å². The lowest BCUT2D eigenvalue weighted by atomic mass is 10.3. The standard InChI is InChI=1S/C13H15N5O2/c1-14-6-9-13(15-10-4-2-3-5-18(9)10)17-7-11(19)16-12(20)8-17/h2-5,14H,6-8H2,1H3,(H,16,19,20). The third kappa shape index (κ3) is 2.12. The monoisotopic (exact) mass is 273 g/mol. The summed E-state index contributed by atoms with van der Waals surface area (Å²) in [5.41, 5.74) is 1.73. The molecule has 7 heteroatoms. The fourth-order valence-electron chi connectivity index (χ4n) is 2.41. The molecular weight excluding hydrogens is 258 g/mol. The Hall–Kier alpha value is -2.41. The highest BCUT2D eigenvalue weighted by Gasteiger charge is 2.26. The zero-order valence-corrected chi connectivity index (χ0v) is 11.1. The third-order valence-electron chi connectivity index (χ3n) is 3.20. The smallest absolute Gasteiger partial charge is 0.246 e. The van der Waals surface area contributed by atoms with Gasteiger partial charge in [0.1, 0.15) is 5.65 Å². The van der Waals surface area contributed by atoms with Crippen LogP contribution in [0.4, 0.5) is 5.82 Å². The molecule has 1 fully saturated rings. The van der Waals surface area contributed by atoms with E-state index in [9.17, 15) is 9.59 Å². The van der Waals surface area contributed by atoms with Crippen LogP contribution in [0.15, 0.2) is 24.4 Å². The molecule has 0 saturated carbocycles. The maximum atomic E-state index is 11.5. The molecular formula is C13H15N5O2. The number of imidazole rings is 1. The van der Waals surface area contributed by atoms with Gasteiger partial charge >= 0.3 is 0 Å². The van der Waals surface area contributed by atoms with Crippen molar-refractivity contribution in [1.82, 2.24) is 20.0 Å². The van der Waals surface area contributed by atoms with Gasteiger partial charge in [-0.3, -0.25) is 14.9 Å². The fourth-order valence-corrected chi connectivity index (χ4v) is 2.41. The van der Waals surface area contributed by atoms with Gasteiger partial charge in [-0.1, -0.05) is 6.07 Å². The molecule has 1 aliphatic heterocycles. The molecule has 0 unspecified atom stereocenters. The molecule has 2 amide bonds. The first-order valence-corrected chi connectivity index (χ1v) is 6.37. The predicted molar refractivity (Wildman–Crippen MR) is 73.3 cm³/mol. The van der Waals surface area contributed by atoms with E-state index >= 15 is 0 Å². The number of rotatable bonds is 3. The summed E-state index contributed by atoms with van der Waals surface area (Å²) in [7, 11) is 1.85. The van der Waals surface area contributed by atoms with Gasteiger partial charge in [-0.25, -0.2) is 4.98 Å². The van der Waals surface area contributed by atoms with E-state index in [-0.39, 0.29) is 24.9 Å². The van der Waals surface area contributed by atoms with Gasteiger partial charge in [0.05, 0.1) is 18.8 Å². The van der Waals surface area contributed by atoms with E-state index in [0.29, 0.717) is 12.4 Å². The minimum Gasteiger partial charge on any atom is -0.336 e. The van der Waals surface area contributed by atoms with Crippen LogP contribution < -0.4 is 15.5 Å². The Labute approximate surface area is 115 Å². The van der Waals surface area contributed by atoms with Gasteiger partial charge in [0.15, 0.2) is 5.82 Å². The molecule has 0 aromatic carbocycles. The number of anilines is 1. The first-order chi connectivity index (χ1) is 9.69. The maximum Gasteiger partial charge on any atom is 0.246 e. The predicted octanol–water partition coefficient (Wildman–Crippen LogP) is -0.483. The fraction of sp³-hybridized carbons (Fsp3) is 0.308. The van der Waals surface area contributed by atoms with Crippen LogP contribution in [-0.2, 0) is 16.1 Å². The molecule has 0 atom stereocenters. The summed E-state index contributed by atoms with van der Waals surface area (Å²) in [6.07, 6.45) is 1.92. The molecule has 0 spiro atoms. The quantitative estimate of drug-likeness (QED) is 0.738. The number of aromatic nitrogens is 2. The van der Waals surface area contributed by atoms with Crippen LogP contribution in [-0.4, -0.2) is 41.3 Å². The molecule has 20 heavy (non-hydrogen) atoms. The highest BCUT2D eigenvalue weighted by Crippen LogP contribution is 2.22. The molecule has 3 rings (SSSR count). The molecule has 2 N–H and O–H groups in total. The normalized spacial score (nSPS) is 15.8. The van der Waals surface area contributed by atoms with E-state index in [1.807, 2.05) is 35.8 Å². The highest BCUT2D eigenvalue weighted by molar-refractivity contribution is 6.02. The summed E-state index contributed by atoms with van der Waals surface area (Å²) >= 11 is 0. The number of nitrogens with one attached hydrogen (secondary N) is 2. The second-order valence-corrected chi connectivity index (χ2v) is 4.67. The van der Waals surface area contributed by atoms with E-state index in [2.05, 4.69) is 15.6 Å².